The third kappa shape index (κ3) is 4.39. The van der Waals surface area contributed by atoms with Crippen LogP contribution in [-0.4, -0.2) is 32.1 Å². The number of nitrogens with one attached hydrogen (secondary N) is 1. The second-order valence-electron chi connectivity index (χ2n) is 4.83. The van der Waals surface area contributed by atoms with Crippen LogP contribution >= 0.6 is 23.1 Å². The lowest BCUT2D eigenvalue weighted by molar-refractivity contribution is -0.113. The van der Waals surface area contributed by atoms with Crippen molar-refractivity contribution in [3.63, 3.8) is 0 Å². The second kappa shape index (κ2) is 8.02. The van der Waals surface area contributed by atoms with Crippen molar-refractivity contribution in [2.75, 3.05) is 11.1 Å². The molecule has 1 aromatic carbocycles. The van der Waals surface area contributed by atoms with E-state index in [0.717, 1.165) is 23.4 Å². The fourth-order valence-electron chi connectivity index (χ4n) is 1.87. The number of anilines is 1. The lowest BCUT2D eigenvalue weighted by atomic mass is 10.2. The zero-order valence-corrected chi connectivity index (χ0v) is 14.6. The molecule has 24 heavy (non-hydrogen) atoms. The van der Waals surface area contributed by atoms with E-state index in [1.807, 2.05) is 30.3 Å². The van der Waals surface area contributed by atoms with Crippen molar-refractivity contribution in [3.05, 3.63) is 35.3 Å². The summed E-state index contributed by atoms with van der Waals surface area (Å²) >= 11 is 2.58. The highest BCUT2D eigenvalue weighted by Gasteiger charge is 2.12. The van der Waals surface area contributed by atoms with Gasteiger partial charge in [0, 0.05) is 12.0 Å². The van der Waals surface area contributed by atoms with Crippen LogP contribution in [0.5, 0.6) is 0 Å². The Kier molecular flexibility index (Phi) is 5.55. The normalized spacial score (nSPS) is 10.7. The van der Waals surface area contributed by atoms with Gasteiger partial charge in [0.2, 0.25) is 16.9 Å². The summed E-state index contributed by atoms with van der Waals surface area (Å²) in [6.07, 6.45) is 1.87. The number of benzene rings is 1. The Morgan fingerprint density at radius 2 is 2.04 bits per heavy atom. The molecule has 2 aromatic heterocycles. The number of aromatic nitrogens is 4. The van der Waals surface area contributed by atoms with E-state index in [1.54, 1.807) is 0 Å². The SMILES string of the molecule is CCCc1nnc(NC(=O)CSc2nnc(-c3ccccc3)o2)s1. The number of aryl methyl sites for hydroxylation is 1. The molecule has 3 aromatic rings. The molecule has 9 heteroatoms. The summed E-state index contributed by atoms with van der Waals surface area (Å²) in [5, 5.41) is 20.4. The van der Waals surface area contributed by atoms with E-state index in [9.17, 15) is 4.79 Å². The van der Waals surface area contributed by atoms with Gasteiger partial charge in [-0.25, -0.2) is 0 Å². The maximum atomic E-state index is 11.9. The average Bonchev–Trinajstić information content (AvgIpc) is 3.24. The summed E-state index contributed by atoms with van der Waals surface area (Å²) in [7, 11) is 0. The second-order valence-corrected chi connectivity index (χ2v) is 6.82. The van der Waals surface area contributed by atoms with Crippen molar-refractivity contribution in [2.24, 2.45) is 0 Å². The molecule has 3 rings (SSSR count). The van der Waals surface area contributed by atoms with Gasteiger partial charge in [-0.3, -0.25) is 10.1 Å². The minimum atomic E-state index is -0.182. The van der Waals surface area contributed by atoms with Gasteiger partial charge in [0.25, 0.3) is 5.22 Å². The summed E-state index contributed by atoms with van der Waals surface area (Å²) in [5.41, 5.74) is 0.846. The van der Waals surface area contributed by atoms with Crippen molar-refractivity contribution in [1.82, 2.24) is 20.4 Å². The highest BCUT2D eigenvalue weighted by molar-refractivity contribution is 7.99. The Balaban J connectivity index is 1.52. The molecule has 1 N–H and O–H groups in total. The molecule has 0 aliphatic carbocycles. The molecule has 2 heterocycles. The molecule has 0 atom stereocenters. The summed E-state index contributed by atoms with van der Waals surface area (Å²) < 4.78 is 5.54. The number of hydrogen-bond donors (Lipinski definition) is 1. The molecule has 0 unspecified atom stereocenters. The smallest absolute Gasteiger partial charge is 0.277 e. The molecule has 124 valence electrons. The summed E-state index contributed by atoms with van der Waals surface area (Å²) in [6.45, 7) is 2.07. The van der Waals surface area contributed by atoms with Crippen LogP contribution in [-0.2, 0) is 11.2 Å². The molecule has 0 saturated carbocycles. The Labute approximate surface area is 146 Å². The Morgan fingerprint density at radius 1 is 1.21 bits per heavy atom. The van der Waals surface area contributed by atoms with Gasteiger partial charge in [0.15, 0.2) is 0 Å². The molecule has 0 radical (unpaired) electrons. The Bertz CT molecular complexity index is 803. The minimum Gasteiger partial charge on any atom is -0.411 e. The van der Waals surface area contributed by atoms with Crippen LogP contribution in [0.1, 0.15) is 18.4 Å². The van der Waals surface area contributed by atoms with E-state index in [4.69, 9.17) is 4.42 Å². The van der Waals surface area contributed by atoms with Crippen molar-refractivity contribution >= 4 is 34.1 Å². The zero-order chi connectivity index (χ0) is 16.8. The number of amides is 1. The van der Waals surface area contributed by atoms with Crippen LogP contribution in [0.2, 0.25) is 0 Å². The van der Waals surface area contributed by atoms with Gasteiger partial charge in [-0.05, 0) is 18.6 Å². The number of carbonyl (C=O) groups excluding carboxylic acids is 1. The largest absolute Gasteiger partial charge is 0.411 e. The Morgan fingerprint density at radius 3 is 2.83 bits per heavy atom. The molecule has 0 spiro atoms. The van der Waals surface area contributed by atoms with E-state index in [-0.39, 0.29) is 11.7 Å². The monoisotopic (exact) mass is 361 g/mol. The van der Waals surface area contributed by atoms with Gasteiger partial charge in [0.05, 0.1) is 5.75 Å². The number of hydrogen-bond acceptors (Lipinski definition) is 8. The van der Waals surface area contributed by atoms with Crippen molar-refractivity contribution in [1.29, 1.82) is 0 Å². The molecule has 7 nitrogen and oxygen atoms in total. The highest BCUT2D eigenvalue weighted by Crippen LogP contribution is 2.23. The quantitative estimate of drug-likeness (QED) is 0.645. The standard InChI is InChI=1S/C15H15N5O2S2/c1-2-6-12-17-19-14(24-12)16-11(21)9-23-15-20-18-13(22-15)10-7-4-3-5-8-10/h3-5,7-8H,2,6,9H2,1H3,(H,16,19,21). The van der Waals surface area contributed by atoms with Crippen molar-refractivity contribution in [3.8, 4) is 11.5 Å². The summed E-state index contributed by atoms with van der Waals surface area (Å²) in [6, 6.07) is 9.48. The van der Waals surface area contributed by atoms with Crippen LogP contribution in [0.4, 0.5) is 5.13 Å². The van der Waals surface area contributed by atoms with Gasteiger partial charge >= 0.3 is 0 Å². The van der Waals surface area contributed by atoms with Crippen LogP contribution < -0.4 is 5.32 Å². The number of nitrogens with zero attached hydrogens (tertiary/aromatic N) is 4. The molecular weight excluding hydrogens is 346 g/mol. The molecule has 0 bridgehead atoms. The molecule has 0 fully saturated rings. The van der Waals surface area contributed by atoms with E-state index < -0.39 is 0 Å². The number of carbonyl (C=O) groups is 1. The fourth-order valence-corrected chi connectivity index (χ4v) is 3.29. The van der Waals surface area contributed by atoms with Crippen molar-refractivity contribution in [2.45, 2.75) is 25.0 Å². The van der Waals surface area contributed by atoms with E-state index >= 15 is 0 Å². The predicted octanol–water partition coefficient (Wildman–Crippen LogP) is 3.27. The van der Waals surface area contributed by atoms with Crippen LogP contribution in [0.25, 0.3) is 11.5 Å². The zero-order valence-electron chi connectivity index (χ0n) is 12.9. The predicted molar refractivity (Wildman–Crippen MR) is 93.0 cm³/mol. The Hall–Kier alpha value is -2.26. The van der Waals surface area contributed by atoms with Gasteiger partial charge in [0.1, 0.15) is 5.01 Å². The molecule has 0 aliphatic heterocycles. The van der Waals surface area contributed by atoms with Crippen molar-refractivity contribution < 1.29 is 9.21 Å². The highest BCUT2D eigenvalue weighted by atomic mass is 32.2. The van der Waals surface area contributed by atoms with E-state index in [1.165, 1.54) is 23.1 Å². The molecule has 1 amide bonds. The average molecular weight is 361 g/mol. The lowest BCUT2D eigenvalue weighted by Crippen LogP contribution is -2.13. The van der Waals surface area contributed by atoms with Crippen LogP contribution in [0, 0.1) is 0 Å². The molecule has 0 aliphatic rings. The summed E-state index contributed by atoms with van der Waals surface area (Å²) in [5.74, 6) is 0.421. The van der Waals surface area contributed by atoms with Gasteiger partial charge in [-0.15, -0.1) is 20.4 Å². The first kappa shape index (κ1) is 16.6. The number of rotatable bonds is 7. The maximum absolute atomic E-state index is 11.9. The minimum absolute atomic E-state index is 0.166. The van der Waals surface area contributed by atoms with Gasteiger partial charge < -0.3 is 4.42 Å². The van der Waals surface area contributed by atoms with Gasteiger partial charge in [-0.2, -0.15) is 0 Å². The van der Waals surface area contributed by atoms with Gasteiger partial charge in [-0.1, -0.05) is 48.2 Å². The van der Waals surface area contributed by atoms with Crippen LogP contribution in [0.15, 0.2) is 40.0 Å². The lowest BCUT2D eigenvalue weighted by Gasteiger charge is -1.98. The number of thioether (sulfide) groups is 1. The summed E-state index contributed by atoms with van der Waals surface area (Å²) in [4.78, 5) is 11.9. The third-order valence-corrected chi connectivity index (χ3v) is 4.65. The first-order valence-electron chi connectivity index (χ1n) is 7.38. The first-order valence-corrected chi connectivity index (χ1v) is 9.18. The topological polar surface area (TPSA) is 93.8 Å². The van der Waals surface area contributed by atoms with Crippen LogP contribution in [0.3, 0.4) is 0 Å². The van der Waals surface area contributed by atoms with E-state index in [0.29, 0.717) is 16.2 Å². The molecule has 0 saturated heterocycles. The third-order valence-electron chi connectivity index (χ3n) is 2.93. The first-order chi connectivity index (χ1) is 11.7. The van der Waals surface area contributed by atoms with E-state index in [2.05, 4.69) is 32.6 Å². The molecular formula is C15H15N5O2S2. The fraction of sp³-hybridized carbons (Fsp3) is 0.267. The maximum Gasteiger partial charge on any atom is 0.277 e.